The number of amides is 1. The average Bonchev–Trinajstić information content (AvgIpc) is 2.36. The molecule has 2 rings (SSSR count). The molecular weight excluding hydrogens is 406 g/mol. The molecule has 21 heavy (non-hydrogen) atoms. The van der Waals surface area contributed by atoms with Gasteiger partial charge >= 0.3 is 0 Å². The summed E-state index contributed by atoms with van der Waals surface area (Å²) in [4.78, 5) is 12.2. The van der Waals surface area contributed by atoms with Crippen LogP contribution in [0.4, 0.5) is 4.39 Å². The summed E-state index contributed by atoms with van der Waals surface area (Å²) in [7, 11) is 0. The first kappa shape index (κ1) is 18.6. The summed E-state index contributed by atoms with van der Waals surface area (Å²) in [6.07, 6.45) is 2.34. The van der Waals surface area contributed by atoms with Crippen LogP contribution in [0.15, 0.2) is 18.2 Å². The van der Waals surface area contributed by atoms with Gasteiger partial charge in [-0.3, -0.25) is 4.79 Å². The van der Waals surface area contributed by atoms with Crippen LogP contribution in [0.3, 0.4) is 0 Å². The first-order valence-electron chi connectivity index (χ1n) is 6.87. The van der Waals surface area contributed by atoms with Crippen LogP contribution in [0.5, 0.6) is 0 Å². The minimum Gasteiger partial charge on any atom is -0.350 e. The summed E-state index contributed by atoms with van der Waals surface area (Å²) in [6, 6.07) is 4.50. The van der Waals surface area contributed by atoms with Crippen molar-refractivity contribution in [3.05, 3.63) is 33.1 Å². The number of hydrogen-bond donors (Lipinski definition) is 2. The molecule has 118 valence electrons. The molecule has 1 atom stereocenters. The van der Waals surface area contributed by atoms with Gasteiger partial charge in [0.1, 0.15) is 5.82 Å². The van der Waals surface area contributed by atoms with Crippen molar-refractivity contribution in [2.24, 2.45) is 5.41 Å². The standard InChI is InChI=1S/C15H20FIN2O.ClH/c1-15(2)6-3-7-18-13(15)9-19-14(20)11-5-4-10(16)8-12(11)17;/h4-5,8,13,18H,3,6-7,9H2,1-2H3,(H,19,20);1H. The highest BCUT2D eigenvalue weighted by molar-refractivity contribution is 14.1. The number of piperidine rings is 1. The van der Waals surface area contributed by atoms with E-state index in [0.717, 1.165) is 13.0 Å². The summed E-state index contributed by atoms with van der Waals surface area (Å²) < 4.78 is 13.7. The monoisotopic (exact) mass is 426 g/mol. The zero-order chi connectivity index (χ0) is 14.8. The number of hydrogen-bond acceptors (Lipinski definition) is 2. The molecule has 1 aliphatic rings. The molecule has 1 unspecified atom stereocenters. The van der Waals surface area contributed by atoms with Crippen LogP contribution in [0.2, 0.25) is 0 Å². The van der Waals surface area contributed by atoms with Crippen LogP contribution >= 0.6 is 35.0 Å². The van der Waals surface area contributed by atoms with Gasteiger partial charge in [0.15, 0.2) is 0 Å². The van der Waals surface area contributed by atoms with E-state index < -0.39 is 0 Å². The minimum absolute atomic E-state index is 0. The van der Waals surface area contributed by atoms with Crippen LogP contribution < -0.4 is 10.6 Å². The van der Waals surface area contributed by atoms with Gasteiger partial charge in [-0.2, -0.15) is 0 Å². The van der Waals surface area contributed by atoms with Crippen LogP contribution in [-0.4, -0.2) is 25.0 Å². The lowest BCUT2D eigenvalue weighted by molar-refractivity contribution is 0.0928. The Kier molecular flexibility index (Phi) is 6.87. The SMILES string of the molecule is CC1(C)CCCNC1CNC(=O)c1ccc(F)cc1I.Cl. The second-order valence-corrected chi connectivity index (χ2v) is 7.10. The van der Waals surface area contributed by atoms with Gasteiger partial charge in [0, 0.05) is 16.2 Å². The summed E-state index contributed by atoms with van der Waals surface area (Å²) in [6.45, 7) is 6.03. The molecule has 2 N–H and O–H groups in total. The molecule has 6 heteroatoms. The molecule has 0 saturated carbocycles. The third kappa shape index (κ3) is 4.79. The maximum atomic E-state index is 13.0. The molecule has 1 aromatic carbocycles. The van der Waals surface area contributed by atoms with Gasteiger partial charge in [-0.1, -0.05) is 13.8 Å². The van der Waals surface area contributed by atoms with Gasteiger partial charge in [-0.25, -0.2) is 4.39 Å². The van der Waals surface area contributed by atoms with E-state index in [1.807, 2.05) is 22.6 Å². The fraction of sp³-hybridized carbons (Fsp3) is 0.533. The molecule has 3 nitrogen and oxygen atoms in total. The summed E-state index contributed by atoms with van der Waals surface area (Å²) in [5.74, 6) is -0.460. The number of rotatable bonds is 3. The third-order valence-corrected chi connectivity index (χ3v) is 4.87. The highest BCUT2D eigenvalue weighted by Gasteiger charge is 2.32. The minimum atomic E-state index is -0.318. The first-order chi connectivity index (χ1) is 9.40. The van der Waals surface area contributed by atoms with E-state index in [0.29, 0.717) is 15.7 Å². The molecule has 0 spiro atoms. The molecule has 1 heterocycles. The average molecular weight is 427 g/mol. The number of carbonyl (C=O) groups is 1. The van der Waals surface area contributed by atoms with Crippen LogP contribution in [0.25, 0.3) is 0 Å². The molecule has 0 bridgehead atoms. The van der Waals surface area contributed by atoms with Crippen molar-refractivity contribution in [1.82, 2.24) is 10.6 Å². The Morgan fingerprint density at radius 2 is 2.24 bits per heavy atom. The molecule has 1 fully saturated rings. The van der Waals surface area contributed by atoms with Crippen molar-refractivity contribution in [3.63, 3.8) is 0 Å². The van der Waals surface area contributed by atoms with Gasteiger partial charge in [-0.15, -0.1) is 12.4 Å². The van der Waals surface area contributed by atoms with Crippen molar-refractivity contribution >= 4 is 40.9 Å². The predicted octanol–water partition coefficient (Wildman–Crippen LogP) is 3.36. The number of halogens is 3. The van der Waals surface area contributed by atoms with Crippen molar-refractivity contribution < 1.29 is 9.18 Å². The van der Waals surface area contributed by atoms with E-state index in [-0.39, 0.29) is 35.6 Å². The second-order valence-electron chi connectivity index (χ2n) is 5.93. The molecule has 0 aliphatic carbocycles. The van der Waals surface area contributed by atoms with E-state index in [4.69, 9.17) is 0 Å². The summed E-state index contributed by atoms with van der Waals surface area (Å²) in [5.41, 5.74) is 0.710. The lowest BCUT2D eigenvalue weighted by Gasteiger charge is -2.39. The molecule has 0 aromatic heterocycles. The predicted molar refractivity (Wildman–Crippen MR) is 93.5 cm³/mol. The van der Waals surface area contributed by atoms with Gasteiger partial charge < -0.3 is 10.6 Å². The van der Waals surface area contributed by atoms with E-state index >= 15 is 0 Å². The highest BCUT2D eigenvalue weighted by atomic mass is 127. The Morgan fingerprint density at radius 3 is 2.86 bits per heavy atom. The molecule has 1 saturated heterocycles. The van der Waals surface area contributed by atoms with Gasteiger partial charge in [-0.05, 0) is 65.6 Å². The van der Waals surface area contributed by atoms with Gasteiger partial charge in [0.25, 0.3) is 5.91 Å². The largest absolute Gasteiger partial charge is 0.350 e. The van der Waals surface area contributed by atoms with E-state index in [9.17, 15) is 9.18 Å². The molecule has 1 aliphatic heterocycles. The normalized spacial score (nSPS) is 20.5. The molecule has 0 radical (unpaired) electrons. The van der Waals surface area contributed by atoms with Crippen molar-refractivity contribution in [3.8, 4) is 0 Å². The van der Waals surface area contributed by atoms with E-state index in [1.54, 1.807) is 0 Å². The lowest BCUT2D eigenvalue weighted by atomic mass is 9.77. The van der Waals surface area contributed by atoms with Crippen LogP contribution in [-0.2, 0) is 0 Å². The smallest absolute Gasteiger partial charge is 0.252 e. The number of nitrogens with one attached hydrogen (secondary N) is 2. The first-order valence-corrected chi connectivity index (χ1v) is 7.95. The second kappa shape index (κ2) is 7.74. The Balaban J connectivity index is 0.00000220. The number of carbonyl (C=O) groups excluding carboxylic acids is 1. The Labute approximate surface area is 145 Å². The van der Waals surface area contributed by atoms with E-state index in [1.165, 1.54) is 24.6 Å². The van der Waals surface area contributed by atoms with Crippen LogP contribution in [0.1, 0.15) is 37.0 Å². The fourth-order valence-corrected chi connectivity index (χ4v) is 3.31. The van der Waals surface area contributed by atoms with Crippen molar-refractivity contribution in [2.75, 3.05) is 13.1 Å². The summed E-state index contributed by atoms with van der Waals surface area (Å²) >= 11 is 1.99. The van der Waals surface area contributed by atoms with Gasteiger partial charge in [0.05, 0.1) is 5.56 Å². The van der Waals surface area contributed by atoms with Gasteiger partial charge in [0.2, 0.25) is 0 Å². The maximum Gasteiger partial charge on any atom is 0.252 e. The zero-order valence-electron chi connectivity index (χ0n) is 12.2. The van der Waals surface area contributed by atoms with Crippen molar-refractivity contribution in [2.45, 2.75) is 32.7 Å². The van der Waals surface area contributed by atoms with E-state index in [2.05, 4.69) is 24.5 Å². The maximum absolute atomic E-state index is 13.0. The summed E-state index contributed by atoms with van der Waals surface area (Å²) in [5, 5.41) is 6.42. The molecule has 1 aromatic rings. The zero-order valence-corrected chi connectivity index (χ0v) is 15.2. The quantitative estimate of drug-likeness (QED) is 0.728. The number of benzene rings is 1. The molecular formula is C15H21ClFIN2O. The Hall–Kier alpha value is -0.400. The topological polar surface area (TPSA) is 41.1 Å². The molecule has 1 amide bonds. The van der Waals surface area contributed by atoms with Crippen molar-refractivity contribution in [1.29, 1.82) is 0 Å². The highest BCUT2D eigenvalue weighted by Crippen LogP contribution is 2.29. The third-order valence-electron chi connectivity index (χ3n) is 3.97. The fourth-order valence-electron chi connectivity index (χ4n) is 2.58. The Bertz CT molecular complexity index is 510. The lowest BCUT2D eigenvalue weighted by Crippen LogP contribution is -2.52. The van der Waals surface area contributed by atoms with Crippen LogP contribution in [0, 0.1) is 14.8 Å². The Morgan fingerprint density at radius 1 is 1.52 bits per heavy atom.